The molecule has 0 aromatic carbocycles. The molecule has 476 valence electrons. The number of hydrogen-bond acceptors (Lipinski definition) is 6. The number of ether oxygens (including phenoxy) is 3. The van der Waals surface area contributed by atoms with Crippen molar-refractivity contribution in [2.24, 2.45) is 0 Å². The Bertz CT molecular complexity index is 1500. The second-order valence-electron chi connectivity index (χ2n) is 24.1. The summed E-state index contributed by atoms with van der Waals surface area (Å²) in [4.78, 5) is 38.5. The van der Waals surface area contributed by atoms with Crippen LogP contribution in [0.1, 0.15) is 374 Å². The van der Waals surface area contributed by atoms with Crippen molar-refractivity contribution < 1.29 is 28.6 Å². The van der Waals surface area contributed by atoms with Gasteiger partial charge in [-0.1, -0.05) is 338 Å². The summed E-state index contributed by atoms with van der Waals surface area (Å²) in [6.07, 6.45) is 92.1. The van der Waals surface area contributed by atoms with Crippen molar-refractivity contribution in [3.63, 3.8) is 0 Å². The number of esters is 3. The number of carbonyl (C=O) groups is 3. The van der Waals surface area contributed by atoms with E-state index in [0.29, 0.717) is 19.3 Å². The van der Waals surface area contributed by atoms with Crippen LogP contribution in [0.2, 0.25) is 0 Å². The fourth-order valence-corrected chi connectivity index (χ4v) is 10.6. The molecule has 0 radical (unpaired) electrons. The summed E-state index contributed by atoms with van der Waals surface area (Å²) in [7, 11) is 0. The lowest BCUT2D eigenvalue weighted by molar-refractivity contribution is -0.167. The topological polar surface area (TPSA) is 78.9 Å². The van der Waals surface area contributed by atoms with Gasteiger partial charge in [0, 0.05) is 19.3 Å². The molecule has 0 saturated heterocycles. The van der Waals surface area contributed by atoms with Crippen molar-refractivity contribution in [1.29, 1.82) is 0 Å². The Morgan fingerprint density at radius 1 is 0.256 bits per heavy atom. The van der Waals surface area contributed by atoms with Crippen LogP contribution in [0.25, 0.3) is 0 Å². The maximum absolute atomic E-state index is 13.0. The van der Waals surface area contributed by atoms with E-state index in [9.17, 15) is 14.4 Å². The van der Waals surface area contributed by atoms with Crippen molar-refractivity contribution in [2.45, 2.75) is 380 Å². The maximum Gasteiger partial charge on any atom is 0.306 e. The van der Waals surface area contributed by atoms with Gasteiger partial charge in [-0.05, 0) is 89.9 Å². The van der Waals surface area contributed by atoms with E-state index in [1.54, 1.807) is 0 Å². The van der Waals surface area contributed by atoms with Crippen molar-refractivity contribution in [2.75, 3.05) is 13.2 Å². The molecule has 0 heterocycles. The molecule has 1 atom stereocenters. The van der Waals surface area contributed by atoms with Crippen LogP contribution >= 0.6 is 0 Å². The first-order valence-corrected chi connectivity index (χ1v) is 35.9. The molecule has 0 aromatic heterocycles. The van der Waals surface area contributed by atoms with Crippen molar-refractivity contribution >= 4 is 17.9 Å². The maximum atomic E-state index is 13.0. The van der Waals surface area contributed by atoms with Crippen LogP contribution in [0.15, 0.2) is 72.9 Å². The van der Waals surface area contributed by atoms with Gasteiger partial charge in [0.15, 0.2) is 6.10 Å². The van der Waals surface area contributed by atoms with Crippen molar-refractivity contribution in [3.05, 3.63) is 72.9 Å². The van der Waals surface area contributed by atoms with Gasteiger partial charge in [0.2, 0.25) is 0 Å². The second-order valence-corrected chi connectivity index (χ2v) is 24.1. The van der Waals surface area contributed by atoms with Gasteiger partial charge in [-0.15, -0.1) is 0 Å². The summed E-state index contributed by atoms with van der Waals surface area (Å²) in [5.41, 5.74) is 0. The highest BCUT2D eigenvalue weighted by atomic mass is 16.6. The molecule has 0 aromatic rings. The van der Waals surface area contributed by atoms with Crippen LogP contribution in [0.4, 0.5) is 0 Å². The number of rotatable bonds is 66. The van der Waals surface area contributed by atoms with E-state index in [4.69, 9.17) is 14.2 Å². The molecule has 1 unspecified atom stereocenters. The first kappa shape index (κ1) is 78.8. The Morgan fingerprint density at radius 3 is 0.756 bits per heavy atom. The van der Waals surface area contributed by atoms with E-state index in [1.165, 1.54) is 244 Å². The molecule has 82 heavy (non-hydrogen) atoms. The van der Waals surface area contributed by atoms with E-state index in [1.807, 2.05) is 0 Å². The molecule has 0 aliphatic carbocycles. The largest absolute Gasteiger partial charge is 0.462 e. The lowest BCUT2D eigenvalue weighted by atomic mass is 10.0. The zero-order valence-corrected chi connectivity index (χ0v) is 54.8. The van der Waals surface area contributed by atoms with E-state index in [0.717, 1.165) is 89.9 Å². The van der Waals surface area contributed by atoms with Gasteiger partial charge >= 0.3 is 17.9 Å². The van der Waals surface area contributed by atoms with E-state index in [-0.39, 0.29) is 31.1 Å². The molecule has 0 N–H and O–H groups in total. The monoisotopic (exact) mass is 1150 g/mol. The zero-order valence-electron chi connectivity index (χ0n) is 54.8. The molecular weight excluding hydrogens is 1010 g/mol. The van der Waals surface area contributed by atoms with Crippen LogP contribution in [0.3, 0.4) is 0 Å². The Labute approximate surface area is 510 Å². The standard InChI is InChI=1S/C76H136O6/c1-4-7-10-13-16-19-22-25-28-31-33-34-35-36-37-38-39-40-41-42-43-46-48-51-54-57-60-63-66-69-75(78)81-72-73(71-80-74(77)68-65-62-59-56-53-50-47-44-30-27-24-21-18-15-12-9-6-3)82-76(79)70-67-64-61-58-55-52-49-45-32-29-26-23-20-17-14-11-8-5-2/h7,10,16,19,25,28-29,32-34,36-37,73H,4-6,8-9,11-15,17-18,20-24,26-27,30-31,35,38-72H2,1-3H3/b10-7-,19-16-,28-25-,32-29-,34-33-,37-36-. The molecule has 6 heteroatoms. The SMILES string of the molecule is CC/C=C\C/C=C\C/C=C\C/C=C\C/C=C\CCCCCCCCCCCCCCCC(=O)OCC(COC(=O)CCCCCCCCCCCCCCCCCCC)OC(=O)CCCCCCCCC/C=C\CCCCCCCCC. The number of allylic oxidation sites excluding steroid dienone is 12. The average Bonchev–Trinajstić information content (AvgIpc) is 3.47. The molecule has 0 fully saturated rings. The molecule has 0 aliphatic heterocycles. The minimum atomic E-state index is -0.777. The van der Waals surface area contributed by atoms with Crippen molar-refractivity contribution in [3.8, 4) is 0 Å². The molecule has 0 saturated carbocycles. The minimum absolute atomic E-state index is 0.0719. The predicted octanol–water partition coefficient (Wildman–Crippen LogP) is 24.8. The Kier molecular flexibility index (Phi) is 67.6. The highest BCUT2D eigenvalue weighted by Gasteiger charge is 2.19. The van der Waals surface area contributed by atoms with Crippen LogP contribution < -0.4 is 0 Å². The zero-order chi connectivity index (χ0) is 59.2. The average molecular weight is 1150 g/mol. The third kappa shape index (κ3) is 67.6. The first-order chi connectivity index (χ1) is 40.5. The van der Waals surface area contributed by atoms with E-state index < -0.39 is 6.10 Å². The third-order valence-corrected chi connectivity index (χ3v) is 15.9. The Morgan fingerprint density at radius 2 is 0.476 bits per heavy atom. The Balaban J connectivity index is 4.28. The summed E-state index contributed by atoms with van der Waals surface area (Å²) in [6, 6.07) is 0. The quantitative estimate of drug-likeness (QED) is 0.0261. The van der Waals surface area contributed by atoms with Gasteiger partial charge in [0.1, 0.15) is 13.2 Å². The molecular formula is C76H136O6. The van der Waals surface area contributed by atoms with Crippen LogP contribution in [0, 0.1) is 0 Å². The highest BCUT2D eigenvalue weighted by Crippen LogP contribution is 2.18. The summed E-state index contributed by atoms with van der Waals surface area (Å²) in [5.74, 6) is -0.853. The minimum Gasteiger partial charge on any atom is -0.462 e. The van der Waals surface area contributed by atoms with Gasteiger partial charge in [-0.2, -0.15) is 0 Å². The number of hydrogen-bond donors (Lipinski definition) is 0. The summed E-state index contributed by atoms with van der Waals surface area (Å²) >= 11 is 0. The number of carbonyl (C=O) groups excluding carboxylic acids is 3. The van der Waals surface area contributed by atoms with Crippen LogP contribution in [0.5, 0.6) is 0 Å². The number of unbranched alkanes of at least 4 members (excludes halogenated alkanes) is 43. The molecule has 0 aliphatic rings. The lowest BCUT2D eigenvalue weighted by Gasteiger charge is -2.18. The lowest BCUT2D eigenvalue weighted by Crippen LogP contribution is -2.30. The summed E-state index contributed by atoms with van der Waals surface area (Å²) < 4.78 is 17.0. The Hall–Kier alpha value is -3.15. The molecule has 6 nitrogen and oxygen atoms in total. The third-order valence-electron chi connectivity index (χ3n) is 15.9. The fraction of sp³-hybridized carbons (Fsp3) is 0.803. The van der Waals surface area contributed by atoms with Gasteiger partial charge in [0.05, 0.1) is 0 Å². The molecule has 0 amide bonds. The highest BCUT2D eigenvalue weighted by molar-refractivity contribution is 5.71. The van der Waals surface area contributed by atoms with E-state index >= 15 is 0 Å². The second kappa shape index (κ2) is 70.3. The van der Waals surface area contributed by atoms with Gasteiger partial charge in [0.25, 0.3) is 0 Å². The van der Waals surface area contributed by atoms with Gasteiger partial charge in [-0.25, -0.2) is 0 Å². The molecule has 0 bridgehead atoms. The predicted molar refractivity (Wildman–Crippen MR) is 358 cm³/mol. The van der Waals surface area contributed by atoms with Gasteiger partial charge < -0.3 is 14.2 Å². The summed E-state index contributed by atoms with van der Waals surface area (Å²) in [6.45, 7) is 6.58. The van der Waals surface area contributed by atoms with Crippen LogP contribution in [-0.4, -0.2) is 37.2 Å². The van der Waals surface area contributed by atoms with Gasteiger partial charge in [-0.3, -0.25) is 14.4 Å². The van der Waals surface area contributed by atoms with Crippen molar-refractivity contribution in [1.82, 2.24) is 0 Å². The smallest absolute Gasteiger partial charge is 0.306 e. The first-order valence-electron chi connectivity index (χ1n) is 35.9. The normalized spacial score (nSPS) is 12.5. The van der Waals surface area contributed by atoms with Crippen LogP contribution in [-0.2, 0) is 28.6 Å². The molecule has 0 rings (SSSR count). The fourth-order valence-electron chi connectivity index (χ4n) is 10.6. The van der Waals surface area contributed by atoms with E-state index in [2.05, 4.69) is 93.7 Å². The summed E-state index contributed by atoms with van der Waals surface area (Å²) in [5, 5.41) is 0. The molecule has 0 spiro atoms.